The third-order valence-corrected chi connectivity index (χ3v) is 7.62. The molecule has 0 unspecified atom stereocenters. The summed E-state index contributed by atoms with van der Waals surface area (Å²) in [5, 5.41) is 0. The Morgan fingerprint density at radius 2 is 1.93 bits per heavy atom. The maximum atomic E-state index is 12.0. The number of hydrogen-bond donors (Lipinski definition) is 2. The number of methoxy groups -OCH3 is 1. The Balaban J connectivity index is 2.11. The highest BCUT2D eigenvalue weighted by Crippen LogP contribution is 2.32. The molecule has 1 amide bonds. The van der Waals surface area contributed by atoms with Gasteiger partial charge in [0.25, 0.3) is 0 Å². The molecule has 0 aliphatic carbocycles. The highest BCUT2D eigenvalue weighted by Gasteiger charge is 2.22. The zero-order chi connectivity index (χ0) is 29.3. The quantitative estimate of drug-likeness (QED) is 0.0978. The fourth-order valence-electron chi connectivity index (χ4n) is 5.18. The average molecular weight is 569 g/mol. The van der Waals surface area contributed by atoms with Crippen molar-refractivity contribution in [3.8, 4) is 5.75 Å². The fourth-order valence-corrected chi connectivity index (χ4v) is 5.36. The van der Waals surface area contributed by atoms with Gasteiger partial charge in [-0.25, -0.2) is 0 Å². The number of primary amides is 1. The van der Waals surface area contributed by atoms with Crippen molar-refractivity contribution in [3.05, 3.63) is 71.3 Å². The predicted octanol–water partition coefficient (Wildman–Crippen LogP) is 7.66. The summed E-state index contributed by atoms with van der Waals surface area (Å²) in [6.07, 6.45) is 11.7. The zero-order valence-corrected chi connectivity index (χ0v) is 26.3. The number of nitrogens with two attached hydrogens (primary N) is 1. The smallest absolute Gasteiger partial charge is 0.248 e. The van der Waals surface area contributed by atoms with Crippen molar-refractivity contribution in [1.29, 1.82) is 0 Å². The minimum Gasteiger partial charge on any atom is -0.491 e. The van der Waals surface area contributed by atoms with E-state index in [1.807, 2.05) is 12.1 Å². The summed E-state index contributed by atoms with van der Waals surface area (Å²) in [5.41, 5.74) is 9.75. The van der Waals surface area contributed by atoms with Gasteiger partial charge in [0.05, 0.1) is 18.4 Å². The van der Waals surface area contributed by atoms with Crippen molar-refractivity contribution in [2.75, 3.05) is 37.5 Å². The highest BCUT2D eigenvalue weighted by molar-refractivity contribution is 7.80. The van der Waals surface area contributed by atoms with Crippen LogP contribution in [0.5, 0.6) is 5.75 Å². The molecule has 0 spiro atoms. The van der Waals surface area contributed by atoms with Crippen LogP contribution in [-0.4, -0.2) is 44.6 Å². The molecule has 40 heavy (non-hydrogen) atoms. The van der Waals surface area contributed by atoms with Crippen LogP contribution in [0.15, 0.2) is 54.6 Å². The Morgan fingerprint density at radius 1 is 1.12 bits per heavy atom. The lowest BCUT2D eigenvalue weighted by atomic mass is 9.88. The summed E-state index contributed by atoms with van der Waals surface area (Å²) in [4.78, 5) is 14.3. The SMILES string of the molecule is CCN(CC[C@@H](CC(C)C)[C@H](/C=C/CCCS)OC)c1cc(C(N)=O)ccc1OCCCCc1cccc(C)c1. The third kappa shape index (κ3) is 12.0. The number of allylic oxidation sites excluding steroid dienone is 1. The van der Waals surface area contributed by atoms with Crippen LogP contribution in [0.1, 0.15) is 80.8 Å². The lowest BCUT2D eigenvalue weighted by Gasteiger charge is -2.31. The largest absolute Gasteiger partial charge is 0.491 e. The number of anilines is 1. The number of nitrogens with zero attached hydrogens (tertiary/aromatic N) is 1. The molecule has 0 fully saturated rings. The number of unbranched alkanes of at least 4 members (excludes halogenated alkanes) is 2. The van der Waals surface area contributed by atoms with Crippen LogP contribution in [0.25, 0.3) is 0 Å². The Morgan fingerprint density at radius 3 is 2.58 bits per heavy atom. The minimum absolute atomic E-state index is 0.0714. The topological polar surface area (TPSA) is 64.8 Å². The van der Waals surface area contributed by atoms with Crippen molar-refractivity contribution in [3.63, 3.8) is 0 Å². The predicted molar refractivity (Wildman–Crippen MR) is 173 cm³/mol. The van der Waals surface area contributed by atoms with Crippen LogP contribution in [0.4, 0.5) is 5.69 Å². The van der Waals surface area contributed by atoms with E-state index >= 15 is 0 Å². The van der Waals surface area contributed by atoms with Crippen LogP contribution >= 0.6 is 12.6 Å². The number of carbonyl (C=O) groups is 1. The maximum absolute atomic E-state index is 12.0. The second-order valence-electron chi connectivity index (χ2n) is 11.1. The summed E-state index contributed by atoms with van der Waals surface area (Å²) < 4.78 is 12.2. The van der Waals surface area contributed by atoms with E-state index in [-0.39, 0.29) is 6.10 Å². The van der Waals surface area contributed by atoms with Crippen LogP contribution in [0.3, 0.4) is 0 Å². The number of ether oxygens (including phenoxy) is 2. The van der Waals surface area contributed by atoms with Crippen LogP contribution < -0.4 is 15.4 Å². The van der Waals surface area contributed by atoms with Gasteiger partial charge in [-0.2, -0.15) is 12.6 Å². The molecule has 0 aliphatic heterocycles. The molecule has 222 valence electrons. The van der Waals surface area contributed by atoms with E-state index in [0.717, 1.165) is 75.2 Å². The van der Waals surface area contributed by atoms with Crippen molar-refractivity contribution >= 4 is 24.2 Å². The Kier molecular flexibility index (Phi) is 15.9. The first-order valence-electron chi connectivity index (χ1n) is 15.0. The van der Waals surface area contributed by atoms with Crippen LogP contribution in [0.2, 0.25) is 0 Å². The average Bonchev–Trinajstić information content (AvgIpc) is 2.93. The normalized spacial score (nSPS) is 13.1. The Labute approximate surface area is 248 Å². The molecule has 0 saturated heterocycles. The maximum Gasteiger partial charge on any atom is 0.248 e. The second kappa shape index (κ2) is 18.8. The Bertz CT molecular complexity index is 1040. The van der Waals surface area contributed by atoms with Crippen molar-refractivity contribution in [2.45, 2.75) is 78.7 Å². The van der Waals surface area contributed by atoms with Gasteiger partial charge >= 0.3 is 0 Å². The summed E-state index contributed by atoms with van der Waals surface area (Å²) in [6.45, 7) is 11.1. The number of aryl methyl sites for hydroxylation is 2. The molecule has 0 aromatic heterocycles. The minimum atomic E-state index is -0.425. The molecule has 6 heteroatoms. The molecule has 0 heterocycles. The van der Waals surface area contributed by atoms with E-state index in [1.54, 1.807) is 13.2 Å². The molecular formula is C34H52N2O3S. The molecule has 2 N–H and O–H groups in total. The van der Waals surface area contributed by atoms with Gasteiger partial charge in [-0.1, -0.05) is 55.8 Å². The summed E-state index contributed by atoms with van der Waals surface area (Å²) in [5.74, 6) is 2.23. The van der Waals surface area contributed by atoms with E-state index in [2.05, 4.69) is 81.6 Å². The molecular weight excluding hydrogens is 516 g/mol. The standard InChI is InChI=1S/C34H52N2O3S/c1-6-36(20-19-29(23-26(2)3)32(38-5)16-8-7-11-22-40)31-25-30(34(35)37)17-18-33(31)39-21-10-9-14-28-15-12-13-27(4)24-28/h8,12-13,15-18,24-26,29,32,40H,6-7,9-11,14,19-23H2,1-5H3,(H2,35,37)/b16-8+/t29-,32-/m0/s1. The van der Waals surface area contributed by atoms with Crippen molar-refractivity contribution in [1.82, 2.24) is 0 Å². The number of amides is 1. The Hall–Kier alpha value is -2.44. The van der Waals surface area contributed by atoms with Gasteiger partial charge in [0.1, 0.15) is 5.75 Å². The van der Waals surface area contributed by atoms with Gasteiger partial charge < -0.3 is 20.1 Å². The van der Waals surface area contributed by atoms with Crippen LogP contribution in [0, 0.1) is 18.8 Å². The third-order valence-electron chi connectivity index (χ3n) is 7.30. The molecule has 0 radical (unpaired) electrons. The van der Waals surface area contributed by atoms with E-state index < -0.39 is 5.91 Å². The van der Waals surface area contributed by atoms with E-state index in [0.29, 0.717) is 24.0 Å². The van der Waals surface area contributed by atoms with Gasteiger partial charge in [0.2, 0.25) is 5.91 Å². The molecule has 5 nitrogen and oxygen atoms in total. The second-order valence-corrected chi connectivity index (χ2v) is 11.5. The van der Waals surface area contributed by atoms with Crippen molar-refractivity contribution < 1.29 is 14.3 Å². The van der Waals surface area contributed by atoms with E-state index in [4.69, 9.17) is 15.2 Å². The molecule has 0 bridgehead atoms. The summed E-state index contributed by atoms with van der Waals surface area (Å²) >= 11 is 4.32. The molecule has 2 atom stereocenters. The van der Waals surface area contributed by atoms with E-state index in [1.165, 1.54) is 11.1 Å². The number of rotatable bonds is 20. The van der Waals surface area contributed by atoms with Gasteiger partial charge in [-0.05, 0) is 100 Å². The van der Waals surface area contributed by atoms with Gasteiger partial charge in [-0.15, -0.1) is 0 Å². The number of hydrogen-bond acceptors (Lipinski definition) is 5. The molecule has 0 aliphatic rings. The van der Waals surface area contributed by atoms with E-state index in [9.17, 15) is 4.79 Å². The lowest BCUT2D eigenvalue weighted by molar-refractivity contribution is 0.0763. The summed E-state index contributed by atoms with van der Waals surface area (Å²) in [7, 11) is 1.81. The highest BCUT2D eigenvalue weighted by atomic mass is 32.1. The monoisotopic (exact) mass is 568 g/mol. The fraction of sp³-hybridized carbons (Fsp3) is 0.559. The summed E-state index contributed by atoms with van der Waals surface area (Å²) in [6, 6.07) is 14.2. The van der Waals surface area contributed by atoms with Gasteiger partial charge in [0.15, 0.2) is 0 Å². The number of carbonyl (C=O) groups excluding carboxylic acids is 1. The molecule has 2 aromatic rings. The van der Waals surface area contributed by atoms with Crippen LogP contribution in [-0.2, 0) is 11.2 Å². The van der Waals surface area contributed by atoms with Gasteiger partial charge in [0, 0.05) is 25.8 Å². The van der Waals surface area contributed by atoms with Gasteiger partial charge in [-0.3, -0.25) is 4.79 Å². The lowest BCUT2D eigenvalue weighted by Crippen LogP contribution is -2.31. The van der Waals surface area contributed by atoms with Crippen molar-refractivity contribution in [2.24, 2.45) is 17.6 Å². The first-order chi connectivity index (χ1) is 19.3. The number of benzene rings is 2. The molecule has 2 aromatic carbocycles. The first kappa shape index (κ1) is 33.8. The molecule has 2 rings (SSSR count). The zero-order valence-electron chi connectivity index (χ0n) is 25.4. The molecule has 0 saturated carbocycles. The number of thiol groups is 1. The first-order valence-corrected chi connectivity index (χ1v) is 15.6.